The van der Waals surface area contributed by atoms with Gasteiger partial charge < -0.3 is 14.2 Å². The highest BCUT2D eigenvalue weighted by atomic mass is 16.5. The summed E-state index contributed by atoms with van der Waals surface area (Å²) in [7, 11) is 0. The molecule has 4 atom stereocenters. The highest BCUT2D eigenvalue weighted by Gasteiger charge is 2.38. The summed E-state index contributed by atoms with van der Waals surface area (Å²) in [5, 5.41) is 10.3. The molecule has 0 saturated heterocycles. The maximum Gasteiger partial charge on any atom is 0.330 e. The van der Waals surface area contributed by atoms with Crippen LogP contribution in [0.3, 0.4) is 0 Å². The van der Waals surface area contributed by atoms with Gasteiger partial charge in [0.1, 0.15) is 5.75 Å². The fourth-order valence-electron chi connectivity index (χ4n) is 7.08. The summed E-state index contributed by atoms with van der Waals surface area (Å²) >= 11 is 0. The summed E-state index contributed by atoms with van der Waals surface area (Å²) in [4.78, 5) is 11.0. The van der Waals surface area contributed by atoms with Gasteiger partial charge in [-0.25, -0.2) is 4.79 Å². The number of carbonyl (C=O) groups excluding carboxylic acids is 1. The van der Waals surface area contributed by atoms with E-state index in [2.05, 4.69) is 82.0 Å². The molecule has 0 aliphatic heterocycles. The molecule has 0 N–H and O–H groups in total. The minimum Gasteiger partial charge on any atom is -0.490 e. The summed E-state index contributed by atoms with van der Waals surface area (Å²) < 4.78 is 17.4. The predicted octanol–water partition coefficient (Wildman–Crippen LogP) is 11.5. The Hall–Kier alpha value is -3.10. The minimum atomic E-state index is -0.329. The van der Waals surface area contributed by atoms with E-state index in [-0.39, 0.29) is 23.6 Å². The average Bonchev–Trinajstić information content (AvgIpc) is 3.10. The number of unbranched alkanes of at least 4 members (excludes halogenated alkanes) is 8. The lowest BCUT2D eigenvalue weighted by atomic mass is 9.66. The van der Waals surface area contributed by atoms with Crippen LogP contribution in [0.4, 0.5) is 0 Å². The van der Waals surface area contributed by atoms with Crippen LogP contribution in [-0.2, 0) is 14.3 Å². The van der Waals surface area contributed by atoms with Crippen molar-refractivity contribution in [2.24, 2.45) is 5.41 Å². The molecular formula is C42H61NO4. The maximum atomic E-state index is 11.0. The van der Waals surface area contributed by atoms with Crippen molar-refractivity contribution in [3.8, 4) is 22.9 Å². The fourth-order valence-corrected chi connectivity index (χ4v) is 7.08. The van der Waals surface area contributed by atoms with Crippen molar-refractivity contribution in [3.63, 3.8) is 0 Å². The summed E-state index contributed by atoms with van der Waals surface area (Å²) in [6.45, 7) is 11.2. The van der Waals surface area contributed by atoms with Gasteiger partial charge in [-0.15, -0.1) is 0 Å². The normalized spacial score (nSPS) is 19.0. The number of carbonyl (C=O) groups is 1. The number of esters is 1. The summed E-state index contributed by atoms with van der Waals surface area (Å²) in [6, 6.07) is 20.3. The van der Waals surface area contributed by atoms with Crippen LogP contribution in [0.2, 0.25) is 0 Å². The highest BCUT2D eigenvalue weighted by molar-refractivity contribution is 5.81. The Morgan fingerprint density at radius 2 is 1.53 bits per heavy atom. The smallest absolute Gasteiger partial charge is 0.330 e. The van der Waals surface area contributed by atoms with Crippen LogP contribution in [-0.4, -0.2) is 31.4 Å². The third kappa shape index (κ3) is 13.9. The second-order valence-corrected chi connectivity index (χ2v) is 13.7. The topological polar surface area (TPSA) is 68.5 Å². The van der Waals surface area contributed by atoms with Gasteiger partial charge in [-0.2, -0.15) is 5.26 Å². The van der Waals surface area contributed by atoms with Crippen LogP contribution in [0.5, 0.6) is 5.75 Å². The number of nitrogens with zero attached hydrogens (tertiary/aromatic N) is 1. The number of ether oxygens (including phenoxy) is 3. The van der Waals surface area contributed by atoms with Crippen molar-refractivity contribution in [3.05, 3.63) is 66.7 Å². The molecule has 3 rings (SSSR count). The van der Waals surface area contributed by atoms with Gasteiger partial charge in [0.05, 0.1) is 30.3 Å². The van der Waals surface area contributed by atoms with Gasteiger partial charge >= 0.3 is 5.97 Å². The lowest BCUT2D eigenvalue weighted by Crippen LogP contribution is -2.31. The van der Waals surface area contributed by atoms with Crippen molar-refractivity contribution in [1.29, 1.82) is 5.26 Å². The van der Waals surface area contributed by atoms with E-state index in [1.807, 2.05) is 0 Å². The van der Waals surface area contributed by atoms with E-state index < -0.39 is 0 Å². The van der Waals surface area contributed by atoms with E-state index in [4.69, 9.17) is 14.2 Å². The molecule has 5 nitrogen and oxygen atoms in total. The zero-order valence-corrected chi connectivity index (χ0v) is 29.7. The fraction of sp³-hybridized carbons (Fsp3) is 0.619. The molecule has 0 aromatic heterocycles. The Morgan fingerprint density at radius 3 is 2.11 bits per heavy atom. The Kier molecular flexibility index (Phi) is 17.7. The first kappa shape index (κ1) is 38.3. The van der Waals surface area contributed by atoms with E-state index in [1.54, 1.807) is 0 Å². The molecular weight excluding hydrogens is 582 g/mol. The molecule has 4 unspecified atom stereocenters. The Balaban J connectivity index is 1.35. The Bertz CT molecular complexity index is 1200. The van der Waals surface area contributed by atoms with Gasteiger partial charge in [-0.05, 0) is 93.0 Å². The van der Waals surface area contributed by atoms with Crippen LogP contribution >= 0.6 is 0 Å². The van der Waals surface area contributed by atoms with Gasteiger partial charge in [-0.3, -0.25) is 0 Å². The molecule has 258 valence electrons. The van der Waals surface area contributed by atoms with Crippen molar-refractivity contribution in [2.75, 3.05) is 13.2 Å². The molecule has 5 heteroatoms. The Morgan fingerprint density at radius 1 is 0.936 bits per heavy atom. The van der Waals surface area contributed by atoms with Crippen molar-refractivity contribution >= 4 is 5.97 Å². The summed E-state index contributed by atoms with van der Waals surface area (Å²) in [5.74, 6) is 1.03. The number of benzene rings is 2. The zero-order chi connectivity index (χ0) is 33.7. The van der Waals surface area contributed by atoms with E-state index in [0.29, 0.717) is 12.5 Å². The largest absolute Gasteiger partial charge is 0.490 e. The SMILES string of the molecule is C=CC(=O)OCCCCCCCCCCCOC(C)CC1(C#N)CCCC(c2ccc(-c3ccc(OC(CC)CCC)cc3)cc2)C1. The lowest BCUT2D eigenvalue weighted by Gasteiger charge is -2.37. The first-order valence-electron chi connectivity index (χ1n) is 18.6. The highest BCUT2D eigenvalue weighted by Crippen LogP contribution is 2.47. The third-order valence-electron chi connectivity index (χ3n) is 9.80. The third-order valence-corrected chi connectivity index (χ3v) is 9.80. The molecule has 0 bridgehead atoms. The van der Waals surface area contributed by atoms with Crippen molar-refractivity contribution in [1.82, 2.24) is 0 Å². The number of nitriles is 1. The molecule has 0 heterocycles. The second-order valence-electron chi connectivity index (χ2n) is 13.7. The van der Waals surface area contributed by atoms with E-state index in [1.165, 1.54) is 61.3 Å². The van der Waals surface area contributed by atoms with Gasteiger partial charge in [0, 0.05) is 12.7 Å². The molecule has 1 aliphatic carbocycles. The molecule has 2 aromatic rings. The molecule has 47 heavy (non-hydrogen) atoms. The van der Waals surface area contributed by atoms with Crippen LogP contribution in [0, 0.1) is 16.7 Å². The van der Waals surface area contributed by atoms with Gasteiger partial charge in [0.25, 0.3) is 0 Å². The minimum absolute atomic E-state index is 0.100. The van der Waals surface area contributed by atoms with Gasteiger partial charge in [0.2, 0.25) is 0 Å². The maximum absolute atomic E-state index is 11.0. The molecule has 0 radical (unpaired) electrons. The molecule has 0 spiro atoms. The van der Waals surface area contributed by atoms with Crippen LogP contribution < -0.4 is 4.74 Å². The van der Waals surface area contributed by atoms with Crippen molar-refractivity contribution in [2.45, 2.75) is 148 Å². The van der Waals surface area contributed by atoms with Crippen LogP contribution in [0.25, 0.3) is 11.1 Å². The quantitative estimate of drug-likeness (QED) is 0.0684. The molecule has 1 saturated carbocycles. The lowest BCUT2D eigenvalue weighted by molar-refractivity contribution is -0.137. The second kappa shape index (κ2) is 21.7. The first-order chi connectivity index (χ1) is 22.9. The number of rotatable bonds is 23. The van der Waals surface area contributed by atoms with Crippen molar-refractivity contribution < 1.29 is 19.0 Å². The first-order valence-corrected chi connectivity index (χ1v) is 18.6. The van der Waals surface area contributed by atoms with Gasteiger partial charge in [-0.1, -0.05) is 115 Å². The Labute approximate surface area is 286 Å². The van der Waals surface area contributed by atoms with E-state index in [9.17, 15) is 10.1 Å². The summed E-state index contributed by atoms with van der Waals surface area (Å²) in [5.41, 5.74) is 3.45. The molecule has 1 fully saturated rings. The number of hydrogen-bond donors (Lipinski definition) is 0. The predicted molar refractivity (Wildman–Crippen MR) is 193 cm³/mol. The molecule has 1 aliphatic rings. The van der Waals surface area contributed by atoms with E-state index in [0.717, 1.165) is 83.0 Å². The monoisotopic (exact) mass is 643 g/mol. The average molecular weight is 644 g/mol. The number of hydrogen-bond acceptors (Lipinski definition) is 5. The van der Waals surface area contributed by atoms with E-state index >= 15 is 0 Å². The summed E-state index contributed by atoms with van der Waals surface area (Å²) in [6.07, 6.45) is 20.3. The zero-order valence-electron chi connectivity index (χ0n) is 29.7. The van der Waals surface area contributed by atoms with Crippen LogP contribution in [0.15, 0.2) is 61.2 Å². The van der Waals surface area contributed by atoms with Gasteiger partial charge in [0.15, 0.2) is 0 Å². The van der Waals surface area contributed by atoms with Crippen LogP contribution in [0.1, 0.15) is 141 Å². The standard InChI is InChI=1S/C42H61NO4/c1-5-18-39(6-2)47-40-26-24-36(25-27-40)35-20-22-37(23-21-35)38-19-17-28-42(32-38,33-43)31-34(4)45-29-15-13-11-9-8-10-12-14-16-30-46-41(44)7-3/h7,20-27,34,38-39H,3,5-6,8-19,28-32H2,1-2,4H3. The molecule has 2 aromatic carbocycles. The molecule has 0 amide bonds.